The lowest BCUT2D eigenvalue weighted by Gasteiger charge is -2.02. The monoisotopic (exact) mass is 281 g/mol. The van der Waals surface area contributed by atoms with Crippen LogP contribution in [-0.4, -0.2) is 23.3 Å². The molecule has 0 aliphatic heterocycles. The highest BCUT2D eigenvalue weighted by atomic mass is 35.5. The van der Waals surface area contributed by atoms with Crippen LogP contribution >= 0.6 is 11.6 Å². The number of hydrogen-bond acceptors (Lipinski definition) is 6. The Labute approximate surface area is 99.7 Å². The molecule has 0 unspecified atom stereocenters. The SMILES string of the molecule is O=C(Cl)Oc1ccc(S(=O)(=O)O)cc1[N+](=O)[O-]. The van der Waals surface area contributed by atoms with Crippen LogP contribution in [0.2, 0.25) is 0 Å². The summed E-state index contributed by atoms with van der Waals surface area (Å²) in [5.41, 5.74) is -2.12. The second-order valence-electron chi connectivity index (χ2n) is 2.70. The molecule has 1 aromatic rings. The number of carbonyl (C=O) groups excluding carboxylic acids is 1. The number of nitro benzene ring substituents is 1. The summed E-state index contributed by atoms with van der Waals surface area (Å²) in [5.74, 6) is -0.526. The molecule has 0 atom stereocenters. The fraction of sp³-hybridized carbons (Fsp3) is 0. The van der Waals surface area contributed by atoms with Crippen molar-refractivity contribution in [2.45, 2.75) is 4.90 Å². The lowest BCUT2D eigenvalue weighted by atomic mass is 10.3. The van der Waals surface area contributed by atoms with Gasteiger partial charge in [-0.1, -0.05) is 0 Å². The van der Waals surface area contributed by atoms with Gasteiger partial charge in [-0.15, -0.1) is 0 Å². The predicted molar refractivity (Wildman–Crippen MR) is 54.8 cm³/mol. The topological polar surface area (TPSA) is 124 Å². The molecule has 0 aliphatic carbocycles. The van der Waals surface area contributed by atoms with Gasteiger partial charge in [-0.3, -0.25) is 14.7 Å². The molecule has 0 spiro atoms. The summed E-state index contributed by atoms with van der Waals surface area (Å²) < 4.78 is 34.4. The molecule has 0 radical (unpaired) electrons. The van der Waals surface area contributed by atoms with Crippen molar-refractivity contribution in [1.29, 1.82) is 0 Å². The Morgan fingerprint density at radius 3 is 2.47 bits per heavy atom. The summed E-state index contributed by atoms with van der Waals surface area (Å²) in [5, 5.41) is 10.6. The second-order valence-corrected chi connectivity index (χ2v) is 4.43. The molecule has 17 heavy (non-hydrogen) atoms. The van der Waals surface area contributed by atoms with Crippen molar-refractivity contribution in [2.75, 3.05) is 0 Å². The van der Waals surface area contributed by atoms with Gasteiger partial charge in [0.25, 0.3) is 10.1 Å². The highest BCUT2D eigenvalue weighted by Crippen LogP contribution is 2.30. The number of rotatable bonds is 3. The number of ether oxygens (including phenoxy) is 1. The lowest BCUT2D eigenvalue weighted by molar-refractivity contribution is -0.385. The molecule has 0 aromatic heterocycles. The fourth-order valence-electron chi connectivity index (χ4n) is 0.973. The number of benzene rings is 1. The van der Waals surface area contributed by atoms with E-state index in [-0.39, 0.29) is 0 Å². The number of nitro groups is 1. The van der Waals surface area contributed by atoms with Gasteiger partial charge in [0.15, 0.2) is 0 Å². The van der Waals surface area contributed by atoms with Crippen molar-refractivity contribution >= 4 is 32.8 Å². The van der Waals surface area contributed by atoms with Gasteiger partial charge in [0.05, 0.1) is 4.92 Å². The third-order valence-corrected chi connectivity index (χ3v) is 2.54. The van der Waals surface area contributed by atoms with Crippen molar-refractivity contribution in [1.82, 2.24) is 0 Å². The zero-order valence-electron chi connectivity index (χ0n) is 7.86. The second kappa shape index (κ2) is 4.65. The highest BCUT2D eigenvalue weighted by Gasteiger charge is 2.22. The van der Waals surface area contributed by atoms with Crippen LogP contribution in [0.3, 0.4) is 0 Å². The first-order valence-electron chi connectivity index (χ1n) is 3.85. The van der Waals surface area contributed by atoms with E-state index in [0.29, 0.717) is 6.07 Å². The van der Waals surface area contributed by atoms with Crippen LogP contribution in [0.1, 0.15) is 0 Å². The summed E-state index contributed by atoms with van der Waals surface area (Å²) in [6.07, 6.45) is 0. The molecule has 8 nitrogen and oxygen atoms in total. The van der Waals surface area contributed by atoms with Crippen LogP contribution in [-0.2, 0) is 10.1 Å². The third kappa shape index (κ3) is 3.37. The zero-order chi connectivity index (χ0) is 13.2. The van der Waals surface area contributed by atoms with Crippen molar-refractivity contribution in [2.24, 2.45) is 0 Å². The van der Waals surface area contributed by atoms with Crippen molar-refractivity contribution in [3.63, 3.8) is 0 Å². The normalized spacial score (nSPS) is 10.9. The van der Waals surface area contributed by atoms with Crippen LogP contribution < -0.4 is 4.74 Å². The van der Waals surface area contributed by atoms with Gasteiger partial charge in [0.2, 0.25) is 5.75 Å². The Morgan fingerprint density at radius 2 is 2.06 bits per heavy atom. The first kappa shape index (κ1) is 13.4. The maximum atomic E-state index is 10.7. The Kier molecular flexibility index (Phi) is 3.66. The molecule has 0 fully saturated rings. The van der Waals surface area contributed by atoms with E-state index in [2.05, 4.69) is 4.74 Å². The van der Waals surface area contributed by atoms with Crippen molar-refractivity contribution in [3.8, 4) is 5.75 Å². The molecule has 0 bridgehead atoms. The molecule has 10 heteroatoms. The van der Waals surface area contributed by atoms with Gasteiger partial charge in [0, 0.05) is 17.7 Å². The molecule has 1 N–H and O–H groups in total. The lowest BCUT2D eigenvalue weighted by Crippen LogP contribution is -2.03. The summed E-state index contributed by atoms with van der Waals surface area (Å²) in [4.78, 5) is 19.3. The summed E-state index contributed by atoms with van der Waals surface area (Å²) in [6, 6.07) is 2.21. The first-order valence-corrected chi connectivity index (χ1v) is 5.67. The summed E-state index contributed by atoms with van der Waals surface area (Å²) in [6.45, 7) is 0. The standard InChI is InChI=1S/C7H4ClNO7S/c8-7(10)16-6-2-1-4(17(13,14)15)3-5(6)9(11)12/h1-3H,(H,13,14,15). The minimum Gasteiger partial charge on any atom is -0.407 e. The molecular weight excluding hydrogens is 278 g/mol. The maximum Gasteiger partial charge on any atom is 0.409 e. The van der Waals surface area contributed by atoms with Crippen molar-refractivity contribution in [3.05, 3.63) is 28.3 Å². The Bertz CT molecular complexity index is 582. The van der Waals surface area contributed by atoms with E-state index >= 15 is 0 Å². The van der Waals surface area contributed by atoms with Gasteiger partial charge in [-0.25, -0.2) is 4.79 Å². The summed E-state index contributed by atoms with van der Waals surface area (Å²) >= 11 is 4.87. The molecule has 0 saturated heterocycles. The minimum atomic E-state index is -4.58. The molecule has 0 aliphatic rings. The molecule has 0 heterocycles. The number of carbonyl (C=O) groups is 1. The van der Waals surface area contributed by atoms with E-state index in [1.807, 2.05) is 0 Å². The van der Waals surface area contributed by atoms with E-state index in [9.17, 15) is 23.3 Å². The Balaban J connectivity index is 3.37. The molecule has 1 aromatic carbocycles. The van der Waals surface area contributed by atoms with Gasteiger partial charge in [0.1, 0.15) is 4.90 Å². The molecule has 0 saturated carbocycles. The average Bonchev–Trinajstić information content (AvgIpc) is 2.15. The van der Waals surface area contributed by atoms with Crippen LogP contribution in [0.5, 0.6) is 5.75 Å². The highest BCUT2D eigenvalue weighted by molar-refractivity contribution is 7.85. The smallest absolute Gasteiger partial charge is 0.407 e. The number of hydrogen-bond donors (Lipinski definition) is 1. The first-order chi connectivity index (χ1) is 7.71. The van der Waals surface area contributed by atoms with Crippen LogP contribution in [0.15, 0.2) is 23.1 Å². The minimum absolute atomic E-state index is 0.526. The quantitative estimate of drug-likeness (QED) is 0.386. The van der Waals surface area contributed by atoms with Crippen LogP contribution in [0.4, 0.5) is 10.5 Å². The maximum absolute atomic E-state index is 10.7. The summed E-state index contributed by atoms with van der Waals surface area (Å²) in [7, 11) is -4.58. The number of halogens is 1. The van der Waals surface area contributed by atoms with Crippen LogP contribution in [0.25, 0.3) is 0 Å². The van der Waals surface area contributed by atoms with Gasteiger partial charge >= 0.3 is 11.1 Å². The molecule has 1 rings (SSSR count). The van der Waals surface area contributed by atoms with E-state index in [0.717, 1.165) is 12.1 Å². The van der Waals surface area contributed by atoms with Crippen molar-refractivity contribution < 1.29 is 27.4 Å². The van der Waals surface area contributed by atoms with E-state index in [1.54, 1.807) is 0 Å². The number of nitrogens with zero attached hydrogens (tertiary/aromatic N) is 1. The van der Waals surface area contributed by atoms with E-state index < -0.39 is 36.8 Å². The Morgan fingerprint density at radius 1 is 1.47 bits per heavy atom. The Hall–Kier alpha value is -1.71. The van der Waals surface area contributed by atoms with E-state index in [1.165, 1.54) is 0 Å². The largest absolute Gasteiger partial charge is 0.409 e. The van der Waals surface area contributed by atoms with E-state index in [4.69, 9.17) is 16.2 Å². The molecular formula is C7H4ClNO7S. The fourth-order valence-corrected chi connectivity index (χ4v) is 1.56. The predicted octanol–water partition coefficient (Wildman–Crippen LogP) is 1.58. The molecule has 0 amide bonds. The van der Waals surface area contributed by atoms with Gasteiger partial charge in [-0.05, 0) is 12.1 Å². The van der Waals surface area contributed by atoms with Gasteiger partial charge < -0.3 is 4.74 Å². The zero-order valence-corrected chi connectivity index (χ0v) is 9.43. The average molecular weight is 282 g/mol. The molecule has 92 valence electrons. The van der Waals surface area contributed by atoms with Gasteiger partial charge in [-0.2, -0.15) is 8.42 Å². The third-order valence-electron chi connectivity index (χ3n) is 1.62. The van der Waals surface area contributed by atoms with Crippen LogP contribution in [0, 0.1) is 10.1 Å².